The number of ether oxygens (including phenoxy) is 2. The monoisotopic (exact) mass is 533 g/mol. The number of benzene rings is 1. The van der Waals surface area contributed by atoms with Gasteiger partial charge in [0.05, 0.1) is 23.9 Å². The number of hydrogen-bond donors (Lipinski definition) is 1. The van der Waals surface area contributed by atoms with Gasteiger partial charge in [-0.2, -0.15) is 0 Å². The van der Waals surface area contributed by atoms with Crippen LogP contribution in [-0.4, -0.2) is 45.9 Å². The lowest BCUT2D eigenvalue weighted by molar-refractivity contribution is -0.132. The van der Waals surface area contributed by atoms with Crippen molar-refractivity contribution >= 4 is 39.9 Å². The van der Waals surface area contributed by atoms with Gasteiger partial charge in [-0.05, 0) is 48.7 Å². The number of amides is 1. The van der Waals surface area contributed by atoms with Gasteiger partial charge in [0, 0.05) is 18.0 Å². The number of rotatable bonds is 9. The van der Waals surface area contributed by atoms with Crippen molar-refractivity contribution < 1.29 is 29.0 Å². The molecule has 3 aromatic rings. The Balaban J connectivity index is 1.78. The molecule has 1 N–H and O–H groups in total. The molecule has 10 heteroatoms. The SMILES string of the molecule is C=CCOC(=O)c1sc(N2C(=O)C(=O)/C(=C(/O)c3ccc(OCC(C)C)cc3)C2c2cccnc2)nc1C. The molecule has 1 unspecified atom stereocenters. The second-order valence-corrected chi connectivity index (χ2v) is 9.96. The lowest BCUT2D eigenvalue weighted by atomic mass is 9.96. The van der Waals surface area contributed by atoms with Gasteiger partial charge < -0.3 is 14.6 Å². The zero-order chi connectivity index (χ0) is 27.4. The lowest BCUT2D eigenvalue weighted by Crippen LogP contribution is -2.29. The van der Waals surface area contributed by atoms with E-state index in [4.69, 9.17) is 9.47 Å². The number of esters is 1. The molecule has 38 heavy (non-hydrogen) atoms. The normalized spacial score (nSPS) is 16.6. The van der Waals surface area contributed by atoms with E-state index >= 15 is 0 Å². The van der Waals surface area contributed by atoms with Gasteiger partial charge in [0.25, 0.3) is 5.78 Å². The molecule has 1 aliphatic rings. The number of Topliss-reactive ketones (excluding diaryl/α,β-unsaturated/α-hetero) is 1. The topological polar surface area (TPSA) is 119 Å². The van der Waals surface area contributed by atoms with Crippen molar-refractivity contribution in [2.75, 3.05) is 18.1 Å². The third kappa shape index (κ3) is 5.35. The fraction of sp³-hybridized carbons (Fsp3) is 0.250. The van der Waals surface area contributed by atoms with Crippen LogP contribution in [-0.2, 0) is 14.3 Å². The molecule has 1 fully saturated rings. The molecule has 1 aliphatic heterocycles. The minimum atomic E-state index is -1.01. The maximum atomic E-state index is 13.3. The summed E-state index contributed by atoms with van der Waals surface area (Å²) in [4.78, 5) is 49.0. The van der Waals surface area contributed by atoms with E-state index in [-0.39, 0.29) is 27.9 Å². The number of nitrogens with zero attached hydrogens (tertiary/aromatic N) is 3. The highest BCUT2D eigenvalue weighted by atomic mass is 32.1. The van der Waals surface area contributed by atoms with Gasteiger partial charge in [-0.3, -0.25) is 19.5 Å². The van der Waals surface area contributed by atoms with Crippen LogP contribution in [0.3, 0.4) is 0 Å². The lowest BCUT2D eigenvalue weighted by Gasteiger charge is -2.22. The molecule has 3 heterocycles. The van der Waals surface area contributed by atoms with E-state index in [1.807, 2.05) is 13.8 Å². The van der Waals surface area contributed by atoms with E-state index < -0.39 is 23.7 Å². The fourth-order valence-electron chi connectivity index (χ4n) is 3.89. The first kappa shape index (κ1) is 26.7. The van der Waals surface area contributed by atoms with Gasteiger partial charge in [0.2, 0.25) is 0 Å². The van der Waals surface area contributed by atoms with Crippen molar-refractivity contribution in [1.29, 1.82) is 0 Å². The van der Waals surface area contributed by atoms with Gasteiger partial charge >= 0.3 is 11.9 Å². The third-order valence-electron chi connectivity index (χ3n) is 5.66. The summed E-state index contributed by atoms with van der Waals surface area (Å²) >= 11 is 0.930. The Hall–Kier alpha value is -4.31. The van der Waals surface area contributed by atoms with E-state index in [0.717, 1.165) is 11.3 Å². The molecule has 2 aromatic heterocycles. The predicted molar refractivity (Wildman–Crippen MR) is 143 cm³/mol. The maximum Gasteiger partial charge on any atom is 0.350 e. The maximum absolute atomic E-state index is 13.3. The Bertz CT molecular complexity index is 1400. The summed E-state index contributed by atoms with van der Waals surface area (Å²) in [6, 6.07) is 8.99. The van der Waals surface area contributed by atoms with Crippen LogP contribution in [0.1, 0.15) is 46.4 Å². The van der Waals surface area contributed by atoms with Crippen LogP contribution >= 0.6 is 11.3 Å². The first-order valence-electron chi connectivity index (χ1n) is 11.9. The number of aromatic nitrogens is 2. The van der Waals surface area contributed by atoms with Gasteiger partial charge in [-0.25, -0.2) is 9.78 Å². The highest BCUT2D eigenvalue weighted by Crippen LogP contribution is 2.43. The zero-order valence-electron chi connectivity index (χ0n) is 21.2. The smallest absolute Gasteiger partial charge is 0.350 e. The van der Waals surface area contributed by atoms with Crippen LogP contribution < -0.4 is 9.64 Å². The number of aliphatic hydroxyl groups is 1. The van der Waals surface area contributed by atoms with Crippen molar-refractivity contribution in [2.24, 2.45) is 5.92 Å². The Morgan fingerprint density at radius 2 is 1.97 bits per heavy atom. The molecule has 1 amide bonds. The van der Waals surface area contributed by atoms with E-state index in [0.29, 0.717) is 35.1 Å². The van der Waals surface area contributed by atoms with Crippen molar-refractivity contribution in [3.8, 4) is 5.75 Å². The van der Waals surface area contributed by atoms with Crippen LogP contribution in [0, 0.1) is 12.8 Å². The van der Waals surface area contributed by atoms with Gasteiger partial charge in [-0.1, -0.05) is 43.9 Å². The van der Waals surface area contributed by atoms with E-state index in [1.54, 1.807) is 49.5 Å². The Kier molecular flexibility index (Phi) is 8.02. The van der Waals surface area contributed by atoms with Crippen LogP contribution in [0.25, 0.3) is 5.76 Å². The average molecular weight is 534 g/mol. The Morgan fingerprint density at radius 1 is 1.24 bits per heavy atom. The molecule has 9 nitrogen and oxygen atoms in total. The average Bonchev–Trinajstić information content (AvgIpc) is 3.43. The van der Waals surface area contributed by atoms with Gasteiger partial charge in [0.1, 0.15) is 23.0 Å². The Morgan fingerprint density at radius 3 is 2.61 bits per heavy atom. The minimum absolute atomic E-state index is 0.0208. The number of ketones is 1. The van der Waals surface area contributed by atoms with Crippen molar-refractivity contribution in [1.82, 2.24) is 9.97 Å². The molecule has 1 aromatic carbocycles. The van der Waals surface area contributed by atoms with E-state index in [1.165, 1.54) is 17.2 Å². The molecular weight excluding hydrogens is 506 g/mol. The van der Waals surface area contributed by atoms with Crippen LogP contribution in [0.2, 0.25) is 0 Å². The molecule has 196 valence electrons. The Labute approximate surface area is 224 Å². The van der Waals surface area contributed by atoms with Crippen LogP contribution in [0.5, 0.6) is 5.75 Å². The molecular formula is C28H27N3O6S. The van der Waals surface area contributed by atoms with Crippen molar-refractivity contribution in [2.45, 2.75) is 26.8 Å². The summed E-state index contributed by atoms with van der Waals surface area (Å²) in [5.74, 6) is -1.74. The highest BCUT2D eigenvalue weighted by Gasteiger charge is 2.48. The predicted octanol–water partition coefficient (Wildman–Crippen LogP) is 4.85. The molecule has 4 rings (SSSR count). The van der Waals surface area contributed by atoms with Gasteiger partial charge in [-0.15, -0.1) is 0 Å². The number of thiazole rings is 1. The quantitative estimate of drug-likeness (QED) is 0.136. The second kappa shape index (κ2) is 11.4. The molecule has 1 saturated heterocycles. The molecule has 0 spiro atoms. The standard InChI is InChI=1S/C28H27N3O6S/c1-5-13-36-27(35)25-17(4)30-28(38-25)31-22(19-7-6-12-29-14-19)21(24(33)26(31)34)23(32)18-8-10-20(11-9-18)37-15-16(2)3/h5-12,14,16,22,32H,1,13,15H2,2-4H3/b23-21+. The highest BCUT2D eigenvalue weighted by molar-refractivity contribution is 7.17. The van der Waals surface area contributed by atoms with Crippen molar-refractivity contribution in [3.05, 3.63) is 88.7 Å². The molecule has 0 bridgehead atoms. The number of carbonyl (C=O) groups is 3. The third-order valence-corrected chi connectivity index (χ3v) is 6.80. The summed E-state index contributed by atoms with van der Waals surface area (Å²) in [5.41, 5.74) is 1.08. The summed E-state index contributed by atoms with van der Waals surface area (Å²) in [6.45, 7) is 9.77. The number of anilines is 1. The minimum Gasteiger partial charge on any atom is -0.507 e. The van der Waals surface area contributed by atoms with Crippen LogP contribution in [0.15, 0.2) is 67.0 Å². The number of aliphatic hydroxyl groups excluding tert-OH is 1. The summed E-state index contributed by atoms with van der Waals surface area (Å²) in [7, 11) is 0. The number of pyridine rings is 1. The van der Waals surface area contributed by atoms with E-state index in [9.17, 15) is 19.5 Å². The molecule has 0 aliphatic carbocycles. The summed E-state index contributed by atoms with van der Waals surface area (Å²) < 4.78 is 10.8. The fourth-order valence-corrected chi connectivity index (χ4v) is 4.87. The molecule has 1 atom stereocenters. The van der Waals surface area contributed by atoms with Gasteiger partial charge in [0.15, 0.2) is 5.13 Å². The van der Waals surface area contributed by atoms with Crippen LogP contribution in [0.4, 0.5) is 5.13 Å². The summed E-state index contributed by atoms with van der Waals surface area (Å²) in [6.07, 6.45) is 4.52. The first-order valence-corrected chi connectivity index (χ1v) is 12.7. The largest absolute Gasteiger partial charge is 0.507 e. The summed E-state index contributed by atoms with van der Waals surface area (Å²) in [5, 5.41) is 11.4. The second-order valence-electron chi connectivity index (χ2n) is 8.98. The van der Waals surface area contributed by atoms with Crippen molar-refractivity contribution in [3.63, 3.8) is 0 Å². The number of aryl methyl sites for hydroxylation is 1. The first-order chi connectivity index (χ1) is 18.2. The number of carbonyl (C=O) groups excluding carboxylic acids is 3. The zero-order valence-corrected chi connectivity index (χ0v) is 22.0. The number of hydrogen-bond acceptors (Lipinski definition) is 9. The van der Waals surface area contributed by atoms with E-state index in [2.05, 4.69) is 16.5 Å². The molecule has 0 saturated carbocycles. The molecule has 0 radical (unpaired) electrons.